The van der Waals surface area contributed by atoms with Crippen LogP contribution in [0.3, 0.4) is 0 Å². The Labute approximate surface area is 121 Å². The van der Waals surface area contributed by atoms with Crippen molar-refractivity contribution in [3.63, 3.8) is 0 Å². The zero-order valence-corrected chi connectivity index (χ0v) is 12.4. The number of nitrogens with one attached hydrogen (secondary N) is 2. The lowest BCUT2D eigenvalue weighted by Gasteiger charge is -2.41. The molecule has 1 aliphatic heterocycles. The summed E-state index contributed by atoms with van der Waals surface area (Å²) in [6.45, 7) is 4.98. The van der Waals surface area contributed by atoms with E-state index in [0.717, 1.165) is 4.90 Å². The molecule has 1 saturated carbocycles. The number of hydrogen-bond donors (Lipinski definition) is 3. The van der Waals surface area contributed by atoms with Crippen LogP contribution < -0.4 is 10.6 Å². The van der Waals surface area contributed by atoms with Gasteiger partial charge in [0.05, 0.1) is 11.4 Å². The predicted molar refractivity (Wildman–Crippen MR) is 71.7 cm³/mol. The van der Waals surface area contributed by atoms with Gasteiger partial charge in [0.2, 0.25) is 0 Å². The molecule has 0 aromatic rings. The normalized spacial score (nSPS) is 27.8. The molecular formula is C12H18ClN3O4. The van der Waals surface area contributed by atoms with E-state index in [1.54, 1.807) is 20.8 Å². The maximum atomic E-state index is 12.2. The molecule has 1 aliphatic carbocycles. The summed E-state index contributed by atoms with van der Waals surface area (Å²) in [7, 11) is 0. The molecule has 0 aromatic heterocycles. The van der Waals surface area contributed by atoms with Crippen molar-refractivity contribution in [1.82, 2.24) is 15.5 Å². The molecule has 1 saturated heterocycles. The van der Waals surface area contributed by atoms with Crippen LogP contribution >= 0.6 is 11.6 Å². The van der Waals surface area contributed by atoms with Gasteiger partial charge in [-0.25, -0.2) is 9.59 Å². The molecule has 3 N–H and O–H groups in total. The van der Waals surface area contributed by atoms with Crippen molar-refractivity contribution >= 4 is 29.6 Å². The molecule has 2 fully saturated rings. The standard InChI is InChI=1S/C12H18ClN3O4/c1-10(2,3)16(9(19)20)6-12(11(13)4-5-11)7(17)14-8(18)15-12/h4-6H2,1-3H3,(H,19,20)(H2,14,15,17,18). The van der Waals surface area contributed by atoms with Crippen LogP contribution in [-0.2, 0) is 4.79 Å². The summed E-state index contributed by atoms with van der Waals surface area (Å²) in [5.74, 6) is -0.564. The van der Waals surface area contributed by atoms with E-state index in [4.69, 9.17) is 11.6 Å². The van der Waals surface area contributed by atoms with Crippen LogP contribution in [0.4, 0.5) is 9.59 Å². The summed E-state index contributed by atoms with van der Waals surface area (Å²) in [4.78, 5) is 35.3. The van der Waals surface area contributed by atoms with Gasteiger partial charge in [-0.3, -0.25) is 10.1 Å². The highest BCUT2D eigenvalue weighted by molar-refractivity contribution is 6.30. The summed E-state index contributed by atoms with van der Waals surface area (Å²) in [6, 6.07) is -0.638. The van der Waals surface area contributed by atoms with Crippen LogP contribution in [0.2, 0.25) is 0 Å². The minimum absolute atomic E-state index is 0.174. The summed E-state index contributed by atoms with van der Waals surface area (Å²) in [5, 5.41) is 14.1. The number of rotatable bonds is 3. The first kappa shape index (κ1) is 14.9. The zero-order chi connectivity index (χ0) is 15.3. The van der Waals surface area contributed by atoms with Crippen molar-refractivity contribution in [1.29, 1.82) is 0 Å². The van der Waals surface area contributed by atoms with Gasteiger partial charge in [-0.15, -0.1) is 11.6 Å². The van der Waals surface area contributed by atoms with Gasteiger partial charge < -0.3 is 15.3 Å². The maximum absolute atomic E-state index is 12.2. The van der Waals surface area contributed by atoms with Gasteiger partial charge in [0.15, 0.2) is 5.54 Å². The van der Waals surface area contributed by atoms with Crippen LogP contribution in [0.15, 0.2) is 0 Å². The van der Waals surface area contributed by atoms with Crippen LogP contribution in [0.5, 0.6) is 0 Å². The molecule has 7 nitrogen and oxygen atoms in total. The Kier molecular flexibility index (Phi) is 3.16. The number of urea groups is 1. The number of halogens is 1. The summed E-state index contributed by atoms with van der Waals surface area (Å²) >= 11 is 6.37. The summed E-state index contributed by atoms with van der Waals surface area (Å²) < 4.78 is 0. The molecule has 0 spiro atoms. The maximum Gasteiger partial charge on any atom is 0.407 e. The first-order valence-corrected chi connectivity index (χ1v) is 6.73. The van der Waals surface area contributed by atoms with Gasteiger partial charge in [-0.05, 0) is 33.6 Å². The molecule has 0 aromatic carbocycles. The lowest BCUT2D eigenvalue weighted by molar-refractivity contribution is -0.125. The average Bonchev–Trinajstić information content (AvgIpc) is 2.93. The summed E-state index contributed by atoms with van der Waals surface area (Å²) in [6.07, 6.45) is -0.0496. The highest BCUT2D eigenvalue weighted by Crippen LogP contribution is 2.52. The van der Waals surface area contributed by atoms with Gasteiger partial charge in [-0.2, -0.15) is 0 Å². The molecule has 1 unspecified atom stereocenters. The fraction of sp³-hybridized carbons (Fsp3) is 0.750. The molecule has 0 radical (unpaired) electrons. The van der Waals surface area contributed by atoms with Crippen LogP contribution in [-0.4, -0.2) is 50.5 Å². The molecule has 8 heteroatoms. The van der Waals surface area contributed by atoms with Gasteiger partial charge in [-0.1, -0.05) is 0 Å². The summed E-state index contributed by atoms with van der Waals surface area (Å²) in [5.41, 5.74) is -2.12. The first-order chi connectivity index (χ1) is 9.02. The Morgan fingerprint density at radius 3 is 2.25 bits per heavy atom. The van der Waals surface area contributed by atoms with Crippen LogP contribution in [0.25, 0.3) is 0 Å². The van der Waals surface area contributed by atoms with Gasteiger partial charge in [0.1, 0.15) is 0 Å². The highest BCUT2D eigenvalue weighted by atomic mass is 35.5. The Morgan fingerprint density at radius 1 is 1.40 bits per heavy atom. The third kappa shape index (κ3) is 2.19. The second-order valence-corrected chi connectivity index (χ2v) is 7.04. The Morgan fingerprint density at radius 2 is 1.95 bits per heavy atom. The molecule has 112 valence electrons. The van der Waals surface area contributed by atoms with E-state index in [-0.39, 0.29) is 6.54 Å². The van der Waals surface area contributed by atoms with Crippen LogP contribution in [0.1, 0.15) is 33.6 Å². The van der Waals surface area contributed by atoms with Gasteiger partial charge >= 0.3 is 12.1 Å². The monoisotopic (exact) mass is 303 g/mol. The molecule has 1 atom stereocenters. The van der Waals surface area contributed by atoms with E-state index in [0.29, 0.717) is 12.8 Å². The molecule has 4 amide bonds. The number of carbonyl (C=O) groups excluding carboxylic acids is 2. The number of alkyl halides is 1. The molecule has 0 bridgehead atoms. The SMILES string of the molecule is CC(C)(C)N(CC1(C2(Cl)CC2)NC(=O)NC1=O)C(=O)O. The molecule has 2 aliphatic rings. The number of nitrogens with zero attached hydrogens (tertiary/aromatic N) is 1. The predicted octanol–water partition coefficient (Wildman–Crippen LogP) is 1.11. The minimum Gasteiger partial charge on any atom is -0.465 e. The smallest absolute Gasteiger partial charge is 0.407 e. The van der Waals surface area contributed by atoms with Crippen molar-refractivity contribution in [2.75, 3.05) is 6.54 Å². The number of carbonyl (C=O) groups is 3. The van der Waals surface area contributed by atoms with Crippen molar-refractivity contribution in [3.8, 4) is 0 Å². The lowest BCUT2D eigenvalue weighted by Crippen LogP contribution is -2.65. The van der Waals surface area contributed by atoms with E-state index in [2.05, 4.69) is 10.6 Å². The Bertz CT molecular complexity index is 484. The number of carboxylic acid groups (broad SMARTS) is 1. The van der Waals surface area contributed by atoms with Crippen molar-refractivity contribution in [2.45, 2.75) is 49.6 Å². The van der Waals surface area contributed by atoms with E-state index < -0.39 is 34.0 Å². The van der Waals surface area contributed by atoms with E-state index in [9.17, 15) is 19.5 Å². The fourth-order valence-electron chi connectivity index (χ4n) is 2.43. The molecular weight excluding hydrogens is 286 g/mol. The third-order valence-corrected chi connectivity index (χ3v) is 4.53. The van der Waals surface area contributed by atoms with Crippen molar-refractivity contribution < 1.29 is 19.5 Å². The van der Waals surface area contributed by atoms with E-state index in [1.165, 1.54) is 0 Å². The molecule has 20 heavy (non-hydrogen) atoms. The largest absolute Gasteiger partial charge is 0.465 e. The topological polar surface area (TPSA) is 98.7 Å². The minimum atomic E-state index is -1.41. The first-order valence-electron chi connectivity index (χ1n) is 6.35. The number of hydrogen-bond acceptors (Lipinski definition) is 3. The Balaban J connectivity index is 2.37. The van der Waals surface area contributed by atoms with Crippen LogP contribution in [0, 0.1) is 0 Å². The highest BCUT2D eigenvalue weighted by Gasteiger charge is 2.67. The van der Waals surface area contributed by atoms with E-state index >= 15 is 0 Å². The molecule has 2 rings (SSSR count). The van der Waals surface area contributed by atoms with Crippen molar-refractivity contribution in [3.05, 3.63) is 0 Å². The third-order valence-electron chi connectivity index (χ3n) is 3.83. The second kappa shape index (κ2) is 4.25. The fourth-order valence-corrected chi connectivity index (χ4v) is 2.71. The van der Waals surface area contributed by atoms with E-state index in [1.807, 2.05) is 0 Å². The van der Waals surface area contributed by atoms with Crippen molar-refractivity contribution in [2.24, 2.45) is 0 Å². The van der Waals surface area contributed by atoms with Gasteiger partial charge in [0.25, 0.3) is 5.91 Å². The quantitative estimate of drug-likeness (QED) is 0.537. The zero-order valence-electron chi connectivity index (χ0n) is 11.6. The van der Waals surface area contributed by atoms with Gasteiger partial charge in [0, 0.05) is 5.54 Å². The lowest BCUT2D eigenvalue weighted by atomic mass is 9.90. The second-order valence-electron chi connectivity index (χ2n) is 6.32. The number of amides is 4. The number of imide groups is 1. The average molecular weight is 304 g/mol. The molecule has 1 heterocycles. The Hall–Kier alpha value is -1.50.